The molecule has 1 aliphatic rings. The van der Waals surface area contributed by atoms with Gasteiger partial charge in [-0.3, -0.25) is 4.79 Å². The van der Waals surface area contributed by atoms with Crippen LogP contribution in [-0.2, 0) is 7.05 Å². The number of likely N-dealkylation sites (tertiary alicyclic amines) is 1. The summed E-state index contributed by atoms with van der Waals surface area (Å²) in [4.78, 5) is 15.5. The first-order valence-corrected chi connectivity index (χ1v) is 10.4. The van der Waals surface area contributed by atoms with E-state index in [-0.39, 0.29) is 5.91 Å². The topological polar surface area (TPSA) is 55.1 Å². The zero-order valence-electron chi connectivity index (χ0n) is 17.3. The summed E-state index contributed by atoms with van der Waals surface area (Å²) in [5.41, 5.74) is 4.37. The number of nitrogens with zero attached hydrogens (tertiary/aromatic N) is 4. The van der Waals surface area contributed by atoms with Crippen LogP contribution in [0.3, 0.4) is 0 Å². The predicted octanol–water partition coefficient (Wildman–Crippen LogP) is 3.40. The van der Waals surface area contributed by atoms with E-state index in [0.29, 0.717) is 12.2 Å². The van der Waals surface area contributed by atoms with Crippen molar-refractivity contribution in [3.63, 3.8) is 0 Å². The van der Waals surface area contributed by atoms with Crippen molar-refractivity contribution < 1.29 is 4.79 Å². The Balaban J connectivity index is 1.57. The van der Waals surface area contributed by atoms with Crippen LogP contribution in [0, 0.1) is 6.92 Å². The lowest BCUT2D eigenvalue weighted by atomic mass is 10.1. The number of amides is 1. The monoisotopic (exact) mass is 391 g/mol. The Morgan fingerprint density at radius 2 is 1.93 bits per heavy atom. The third-order valence-corrected chi connectivity index (χ3v) is 5.56. The van der Waals surface area contributed by atoms with Crippen LogP contribution in [0.15, 0.2) is 48.7 Å². The molecule has 0 atom stereocenters. The Labute approximate surface area is 172 Å². The number of aryl methyl sites for hydroxylation is 2. The molecule has 0 saturated carbocycles. The lowest BCUT2D eigenvalue weighted by Crippen LogP contribution is -2.38. The summed E-state index contributed by atoms with van der Waals surface area (Å²) in [6.45, 7) is 5.86. The fraction of sp³-hybridized carbons (Fsp3) is 0.391. The molecule has 0 aliphatic carbocycles. The van der Waals surface area contributed by atoms with Crippen LogP contribution in [-0.4, -0.2) is 51.3 Å². The van der Waals surface area contributed by atoms with E-state index in [0.717, 1.165) is 42.3 Å². The minimum atomic E-state index is -0.0866. The highest BCUT2D eigenvalue weighted by molar-refractivity contribution is 5.94. The zero-order chi connectivity index (χ0) is 20.2. The molecule has 4 rings (SSSR count). The van der Waals surface area contributed by atoms with Gasteiger partial charge in [0.15, 0.2) is 0 Å². The lowest BCUT2D eigenvalue weighted by Gasteiger charge is -2.26. The van der Waals surface area contributed by atoms with E-state index in [1.54, 1.807) is 4.68 Å². The van der Waals surface area contributed by atoms with Crippen molar-refractivity contribution in [1.82, 2.24) is 24.6 Å². The normalized spacial score (nSPS) is 14.8. The van der Waals surface area contributed by atoms with Gasteiger partial charge in [0.25, 0.3) is 5.91 Å². The number of rotatable bonds is 6. The van der Waals surface area contributed by atoms with Gasteiger partial charge in [-0.1, -0.05) is 18.6 Å². The van der Waals surface area contributed by atoms with E-state index in [1.807, 2.05) is 67.2 Å². The van der Waals surface area contributed by atoms with Crippen LogP contribution in [0.1, 0.15) is 35.3 Å². The number of carbonyl (C=O) groups excluding carboxylic acids is 1. The summed E-state index contributed by atoms with van der Waals surface area (Å²) < 4.78 is 3.77. The van der Waals surface area contributed by atoms with E-state index >= 15 is 0 Å². The van der Waals surface area contributed by atoms with E-state index < -0.39 is 0 Å². The van der Waals surface area contributed by atoms with Crippen molar-refractivity contribution in [1.29, 1.82) is 0 Å². The Kier molecular flexibility index (Phi) is 5.81. The third-order valence-electron chi connectivity index (χ3n) is 5.56. The number of aromatic nitrogens is 3. The average molecular weight is 392 g/mol. The van der Waals surface area contributed by atoms with Gasteiger partial charge in [0, 0.05) is 26.3 Å². The van der Waals surface area contributed by atoms with Crippen molar-refractivity contribution in [3.05, 3.63) is 59.9 Å². The van der Waals surface area contributed by atoms with Crippen molar-refractivity contribution in [2.75, 3.05) is 26.2 Å². The molecule has 3 aromatic rings. The van der Waals surface area contributed by atoms with Gasteiger partial charge in [-0.05, 0) is 68.8 Å². The van der Waals surface area contributed by atoms with Crippen LogP contribution >= 0.6 is 0 Å². The first-order valence-electron chi connectivity index (χ1n) is 10.4. The summed E-state index contributed by atoms with van der Waals surface area (Å²) in [6, 6.07) is 14.0. The van der Waals surface area contributed by atoms with Crippen molar-refractivity contribution in [3.8, 4) is 17.1 Å². The minimum Gasteiger partial charge on any atom is -0.349 e. The first kappa shape index (κ1) is 19.5. The van der Waals surface area contributed by atoms with Gasteiger partial charge in [0.2, 0.25) is 0 Å². The van der Waals surface area contributed by atoms with Gasteiger partial charge < -0.3 is 14.8 Å². The molecule has 6 nitrogen and oxygen atoms in total. The lowest BCUT2D eigenvalue weighted by molar-refractivity contribution is 0.0939. The molecule has 0 unspecified atom stereocenters. The summed E-state index contributed by atoms with van der Waals surface area (Å²) in [6.07, 6.45) is 5.82. The SMILES string of the molecule is Cc1cccc(-n2nc(-c3cccn3C)cc2C(=O)NCCN2CCCCC2)c1. The van der Waals surface area contributed by atoms with E-state index in [9.17, 15) is 4.79 Å². The highest BCUT2D eigenvalue weighted by atomic mass is 16.2. The molecular formula is C23H29N5O. The smallest absolute Gasteiger partial charge is 0.270 e. The maximum atomic E-state index is 13.0. The van der Waals surface area contributed by atoms with E-state index in [4.69, 9.17) is 5.10 Å². The number of hydrogen-bond donors (Lipinski definition) is 1. The number of carbonyl (C=O) groups is 1. The number of benzene rings is 1. The maximum absolute atomic E-state index is 13.0. The molecule has 1 saturated heterocycles. The summed E-state index contributed by atoms with van der Waals surface area (Å²) in [5, 5.41) is 7.86. The minimum absolute atomic E-state index is 0.0866. The molecule has 1 aliphatic heterocycles. The number of hydrogen-bond acceptors (Lipinski definition) is 3. The maximum Gasteiger partial charge on any atom is 0.270 e. The Morgan fingerprint density at radius 3 is 2.66 bits per heavy atom. The molecule has 1 amide bonds. The average Bonchev–Trinajstić information content (AvgIpc) is 3.35. The largest absolute Gasteiger partial charge is 0.349 e. The van der Waals surface area contributed by atoms with Gasteiger partial charge in [0.05, 0.1) is 11.4 Å². The standard InChI is InChI=1S/C23H29N5O/c1-18-8-6-9-19(16-18)28-22(17-20(25-28)21-10-7-12-26(21)2)23(29)24-11-15-27-13-4-3-5-14-27/h6-10,12,16-17H,3-5,11,13-15H2,1-2H3,(H,24,29). The van der Waals surface area contributed by atoms with Crippen molar-refractivity contribution in [2.24, 2.45) is 7.05 Å². The van der Waals surface area contributed by atoms with Crippen molar-refractivity contribution in [2.45, 2.75) is 26.2 Å². The Hall–Kier alpha value is -2.86. The second-order valence-electron chi connectivity index (χ2n) is 7.83. The van der Waals surface area contributed by atoms with E-state index in [2.05, 4.69) is 10.2 Å². The first-order chi connectivity index (χ1) is 14.1. The molecule has 152 valence electrons. The zero-order valence-corrected chi connectivity index (χ0v) is 17.3. The van der Waals surface area contributed by atoms with Crippen LogP contribution in [0.5, 0.6) is 0 Å². The molecule has 0 radical (unpaired) electrons. The van der Waals surface area contributed by atoms with Gasteiger partial charge in [-0.15, -0.1) is 0 Å². The Morgan fingerprint density at radius 1 is 1.10 bits per heavy atom. The molecule has 0 bridgehead atoms. The van der Waals surface area contributed by atoms with Gasteiger partial charge in [-0.25, -0.2) is 4.68 Å². The molecule has 3 heterocycles. The summed E-state index contributed by atoms with van der Waals surface area (Å²) >= 11 is 0. The fourth-order valence-electron chi connectivity index (χ4n) is 3.95. The number of nitrogens with one attached hydrogen (secondary N) is 1. The second-order valence-corrected chi connectivity index (χ2v) is 7.83. The highest BCUT2D eigenvalue weighted by Crippen LogP contribution is 2.22. The molecule has 29 heavy (non-hydrogen) atoms. The van der Waals surface area contributed by atoms with E-state index in [1.165, 1.54) is 19.3 Å². The molecule has 1 N–H and O–H groups in total. The van der Waals surface area contributed by atoms with Crippen LogP contribution in [0.4, 0.5) is 0 Å². The Bertz CT molecular complexity index is 981. The van der Waals surface area contributed by atoms with Crippen molar-refractivity contribution >= 4 is 5.91 Å². The molecule has 0 spiro atoms. The van der Waals surface area contributed by atoms with Crippen LogP contribution in [0.2, 0.25) is 0 Å². The van der Waals surface area contributed by atoms with Crippen LogP contribution in [0.25, 0.3) is 17.1 Å². The molecule has 1 fully saturated rings. The summed E-state index contributed by atoms with van der Waals surface area (Å²) in [5.74, 6) is -0.0866. The highest BCUT2D eigenvalue weighted by Gasteiger charge is 2.19. The molecule has 2 aromatic heterocycles. The van der Waals surface area contributed by atoms with Gasteiger partial charge in [-0.2, -0.15) is 5.10 Å². The summed E-state index contributed by atoms with van der Waals surface area (Å²) in [7, 11) is 1.99. The molecule has 6 heteroatoms. The second kappa shape index (κ2) is 8.66. The predicted molar refractivity (Wildman–Crippen MR) is 115 cm³/mol. The fourth-order valence-corrected chi connectivity index (χ4v) is 3.95. The quantitative estimate of drug-likeness (QED) is 0.701. The number of piperidine rings is 1. The molecular weight excluding hydrogens is 362 g/mol. The third kappa shape index (κ3) is 4.43. The van der Waals surface area contributed by atoms with Crippen LogP contribution < -0.4 is 5.32 Å². The van der Waals surface area contributed by atoms with Gasteiger partial charge in [0.1, 0.15) is 11.4 Å². The molecule has 1 aromatic carbocycles. The van der Waals surface area contributed by atoms with Gasteiger partial charge >= 0.3 is 0 Å².